The van der Waals surface area contributed by atoms with E-state index < -0.39 is 0 Å². The molecule has 0 fully saturated rings. The van der Waals surface area contributed by atoms with Crippen LogP contribution in [0.25, 0.3) is 0 Å². The maximum Gasteiger partial charge on any atom is 0.165 e. The van der Waals surface area contributed by atoms with E-state index in [2.05, 4.69) is 6.92 Å². The minimum absolute atomic E-state index is 0.109. The van der Waals surface area contributed by atoms with E-state index in [-0.39, 0.29) is 5.78 Å². The van der Waals surface area contributed by atoms with Crippen LogP contribution < -0.4 is 10.5 Å². The van der Waals surface area contributed by atoms with Gasteiger partial charge in [0.05, 0.1) is 7.11 Å². The van der Waals surface area contributed by atoms with Crippen molar-refractivity contribution in [3.8, 4) is 5.75 Å². The van der Waals surface area contributed by atoms with Crippen molar-refractivity contribution in [1.82, 2.24) is 0 Å². The molecule has 2 N–H and O–H groups in total. The van der Waals surface area contributed by atoms with Gasteiger partial charge in [-0.15, -0.1) is 0 Å². The first-order chi connectivity index (χ1) is 8.19. The summed E-state index contributed by atoms with van der Waals surface area (Å²) in [5.41, 5.74) is 6.92. The molecule has 17 heavy (non-hydrogen) atoms. The molecule has 1 aromatic carbocycles. The Morgan fingerprint density at radius 3 is 2.71 bits per heavy atom. The number of carbonyl (C=O) groups is 1. The molecule has 0 aliphatic carbocycles. The van der Waals surface area contributed by atoms with Crippen LogP contribution in [0.2, 0.25) is 0 Å². The van der Waals surface area contributed by atoms with Gasteiger partial charge in [0, 0.05) is 17.7 Å². The number of nitrogens with two attached hydrogens (primary N) is 1. The van der Waals surface area contributed by atoms with Crippen LogP contribution in [0.5, 0.6) is 5.75 Å². The molecule has 0 atom stereocenters. The van der Waals surface area contributed by atoms with Crippen molar-refractivity contribution in [2.45, 2.75) is 39.0 Å². The molecule has 0 aliphatic rings. The maximum atomic E-state index is 12.0. The summed E-state index contributed by atoms with van der Waals surface area (Å²) in [7, 11) is 1.58. The van der Waals surface area contributed by atoms with Gasteiger partial charge in [0.1, 0.15) is 5.75 Å². The average molecular weight is 235 g/mol. The summed E-state index contributed by atoms with van der Waals surface area (Å²) >= 11 is 0. The van der Waals surface area contributed by atoms with E-state index in [1.54, 1.807) is 25.3 Å². The summed E-state index contributed by atoms with van der Waals surface area (Å²) in [6.07, 6.45) is 4.96. The van der Waals surface area contributed by atoms with E-state index in [0.717, 1.165) is 12.8 Å². The molecule has 0 unspecified atom stereocenters. The SMILES string of the molecule is CCCCCCC(=O)c1cc(OC)ccc1N. The van der Waals surface area contributed by atoms with E-state index in [1.807, 2.05) is 0 Å². The van der Waals surface area contributed by atoms with Gasteiger partial charge in [-0.25, -0.2) is 0 Å². The minimum atomic E-state index is 0.109. The highest BCUT2D eigenvalue weighted by molar-refractivity contribution is 6.01. The van der Waals surface area contributed by atoms with Crippen LogP contribution in [0.3, 0.4) is 0 Å². The first kappa shape index (κ1) is 13.6. The fraction of sp³-hybridized carbons (Fsp3) is 0.500. The molecule has 0 spiro atoms. The minimum Gasteiger partial charge on any atom is -0.497 e. The van der Waals surface area contributed by atoms with E-state index in [1.165, 1.54) is 12.8 Å². The molecule has 1 aromatic rings. The van der Waals surface area contributed by atoms with E-state index in [4.69, 9.17) is 10.5 Å². The third-order valence-corrected chi connectivity index (χ3v) is 2.82. The lowest BCUT2D eigenvalue weighted by Crippen LogP contribution is -2.04. The predicted octanol–water partition coefficient (Wildman–Crippen LogP) is 3.43. The Morgan fingerprint density at radius 2 is 2.06 bits per heavy atom. The summed E-state index contributed by atoms with van der Waals surface area (Å²) in [5.74, 6) is 0.786. The smallest absolute Gasteiger partial charge is 0.165 e. The van der Waals surface area contributed by atoms with E-state index in [9.17, 15) is 4.79 Å². The second-order valence-electron chi connectivity index (χ2n) is 4.19. The topological polar surface area (TPSA) is 52.3 Å². The number of hydrogen-bond acceptors (Lipinski definition) is 3. The van der Waals surface area contributed by atoms with Crippen molar-refractivity contribution in [1.29, 1.82) is 0 Å². The number of carbonyl (C=O) groups excluding carboxylic acids is 1. The molecule has 0 heterocycles. The highest BCUT2D eigenvalue weighted by Gasteiger charge is 2.10. The van der Waals surface area contributed by atoms with Gasteiger partial charge in [0.25, 0.3) is 0 Å². The number of Topliss-reactive ketones (excluding diaryl/α,β-unsaturated/α-hetero) is 1. The number of hydrogen-bond donors (Lipinski definition) is 1. The fourth-order valence-corrected chi connectivity index (χ4v) is 1.75. The zero-order valence-electron chi connectivity index (χ0n) is 10.7. The van der Waals surface area contributed by atoms with Crippen LogP contribution in [0, 0.1) is 0 Å². The Bertz CT molecular complexity index is 374. The van der Waals surface area contributed by atoms with Gasteiger partial charge in [-0.2, -0.15) is 0 Å². The summed E-state index contributed by atoms with van der Waals surface area (Å²) in [4.78, 5) is 12.0. The average Bonchev–Trinajstić information content (AvgIpc) is 2.35. The molecular formula is C14H21NO2. The summed E-state index contributed by atoms with van der Waals surface area (Å²) < 4.78 is 5.10. The number of anilines is 1. The third-order valence-electron chi connectivity index (χ3n) is 2.82. The number of methoxy groups -OCH3 is 1. The van der Waals surface area contributed by atoms with Gasteiger partial charge in [-0.1, -0.05) is 26.2 Å². The van der Waals surface area contributed by atoms with Crippen LogP contribution in [-0.2, 0) is 0 Å². The normalized spacial score (nSPS) is 10.2. The Labute approximate surface area is 103 Å². The molecule has 0 aromatic heterocycles. The largest absolute Gasteiger partial charge is 0.497 e. The maximum absolute atomic E-state index is 12.0. The van der Waals surface area contributed by atoms with Crippen molar-refractivity contribution in [3.63, 3.8) is 0 Å². The Hall–Kier alpha value is -1.51. The lowest BCUT2D eigenvalue weighted by Gasteiger charge is -2.07. The van der Waals surface area contributed by atoms with E-state index >= 15 is 0 Å². The lowest BCUT2D eigenvalue weighted by atomic mass is 10.0. The molecule has 0 radical (unpaired) electrons. The number of nitrogen functional groups attached to an aromatic ring is 1. The Kier molecular flexibility index (Phi) is 5.53. The van der Waals surface area contributed by atoms with Crippen molar-refractivity contribution < 1.29 is 9.53 Å². The zero-order chi connectivity index (χ0) is 12.7. The third kappa shape index (κ3) is 4.10. The van der Waals surface area contributed by atoms with Gasteiger partial charge in [0.2, 0.25) is 0 Å². The van der Waals surface area contributed by atoms with Gasteiger partial charge in [0.15, 0.2) is 5.78 Å². The number of benzene rings is 1. The second-order valence-corrected chi connectivity index (χ2v) is 4.19. The van der Waals surface area contributed by atoms with Gasteiger partial charge < -0.3 is 10.5 Å². The second kappa shape index (κ2) is 6.94. The molecule has 0 aliphatic heterocycles. The van der Waals surface area contributed by atoms with Gasteiger partial charge in [-0.05, 0) is 24.6 Å². The van der Waals surface area contributed by atoms with Crippen molar-refractivity contribution in [3.05, 3.63) is 23.8 Å². The summed E-state index contributed by atoms with van der Waals surface area (Å²) in [5, 5.41) is 0. The molecule has 0 bridgehead atoms. The van der Waals surface area contributed by atoms with E-state index in [0.29, 0.717) is 23.4 Å². The molecule has 3 heteroatoms. The predicted molar refractivity (Wildman–Crippen MR) is 70.5 cm³/mol. The van der Waals surface area contributed by atoms with Crippen molar-refractivity contribution in [2.24, 2.45) is 0 Å². The first-order valence-corrected chi connectivity index (χ1v) is 6.15. The van der Waals surface area contributed by atoms with Crippen LogP contribution in [-0.4, -0.2) is 12.9 Å². The number of rotatable bonds is 7. The monoisotopic (exact) mass is 235 g/mol. The standard InChI is InChI=1S/C14H21NO2/c1-3-4-5-6-7-14(16)12-10-11(17-2)8-9-13(12)15/h8-10H,3-7,15H2,1-2H3. The molecule has 94 valence electrons. The van der Waals surface area contributed by atoms with Gasteiger partial charge >= 0.3 is 0 Å². The number of ether oxygens (including phenoxy) is 1. The number of unbranched alkanes of at least 4 members (excludes halogenated alkanes) is 3. The molecule has 1 rings (SSSR count). The summed E-state index contributed by atoms with van der Waals surface area (Å²) in [6, 6.07) is 5.21. The van der Waals surface area contributed by atoms with Crippen LogP contribution in [0.4, 0.5) is 5.69 Å². The van der Waals surface area contributed by atoms with Gasteiger partial charge in [-0.3, -0.25) is 4.79 Å². The van der Waals surface area contributed by atoms with Crippen LogP contribution in [0.1, 0.15) is 49.4 Å². The molecule has 3 nitrogen and oxygen atoms in total. The number of ketones is 1. The lowest BCUT2D eigenvalue weighted by molar-refractivity contribution is 0.0979. The molecular weight excluding hydrogens is 214 g/mol. The highest BCUT2D eigenvalue weighted by atomic mass is 16.5. The molecule has 0 saturated heterocycles. The molecule has 0 saturated carbocycles. The molecule has 0 amide bonds. The summed E-state index contributed by atoms with van der Waals surface area (Å²) in [6.45, 7) is 2.15. The van der Waals surface area contributed by atoms with Crippen molar-refractivity contribution >= 4 is 11.5 Å². The zero-order valence-corrected chi connectivity index (χ0v) is 10.7. The van der Waals surface area contributed by atoms with Crippen molar-refractivity contribution in [2.75, 3.05) is 12.8 Å². The Balaban J connectivity index is 2.61. The van der Waals surface area contributed by atoms with Crippen LogP contribution in [0.15, 0.2) is 18.2 Å². The first-order valence-electron chi connectivity index (χ1n) is 6.15. The highest BCUT2D eigenvalue weighted by Crippen LogP contribution is 2.21. The van der Waals surface area contributed by atoms with Crippen LogP contribution >= 0.6 is 0 Å². The quantitative estimate of drug-likeness (QED) is 0.447. The fourth-order valence-electron chi connectivity index (χ4n) is 1.75. The Morgan fingerprint density at radius 1 is 1.29 bits per heavy atom.